The number of rotatable bonds is 7. The van der Waals surface area contributed by atoms with E-state index in [1.165, 1.54) is 32.5 Å². The van der Waals surface area contributed by atoms with Gasteiger partial charge in [0.15, 0.2) is 0 Å². The molecule has 0 spiro atoms. The molecule has 0 unspecified atom stereocenters. The molecule has 1 saturated heterocycles. The molecule has 0 radical (unpaired) electrons. The molecule has 0 saturated carbocycles. The topological polar surface area (TPSA) is 27.7 Å². The molecule has 0 bridgehead atoms. The Bertz CT molecular complexity index is 225. The summed E-state index contributed by atoms with van der Waals surface area (Å²) in [5.74, 6) is 0. The fraction of sp³-hybridized carbons (Fsp3) is 1.00. The van der Waals surface area contributed by atoms with Crippen molar-refractivity contribution in [3.8, 4) is 0 Å². The van der Waals surface area contributed by atoms with Gasteiger partial charge in [-0.25, -0.2) is 0 Å². The molecule has 0 aromatic rings. The standard InChI is InChI=1S/C14H31N3O/c1-6-17-9-7-14(8-10-17,16(3)4)12-15-13(2)11-18-5/h13,15H,6-12H2,1-5H3/t13-/m1/s1. The first-order chi connectivity index (χ1) is 8.54. The van der Waals surface area contributed by atoms with Gasteiger partial charge in [0.25, 0.3) is 0 Å². The van der Waals surface area contributed by atoms with Crippen molar-refractivity contribution in [3.63, 3.8) is 0 Å². The van der Waals surface area contributed by atoms with Crippen LogP contribution in [-0.2, 0) is 4.74 Å². The summed E-state index contributed by atoms with van der Waals surface area (Å²) in [4.78, 5) is 4.95. The zero-order chi connectivity index (χ0) is 13.6. The van der Waals surface area contributed by atoms with Crippen molar-refractivity contribution in [1.82, 2.24) is 15.1 Å². The Labute approximate surface area is 113 Å². The van der Waals surface area contributed by atoms with Crippen LogP contribution in [0.15, 0.2) is 0 Å². The Kier molecular flexibility index (Phi) is 6.57. The van der Waals surface area contributed by atoms with Crippen LogP contribution in [-0.4, -0.2) is 75.4 Å². The van der Waals surface area contributed by atoms with E-state index in [-0.39, 0.29) is 0 Å². The van der Waals surface area contributed by atoms with Crippen molar-refractivity contribution in [1.29, 1.82) is 0 Å². The van der Waals surface area contributed by atoms with Gasteiger partial charge in [0, 0.05) is 25.2 Å². The van der Waals surface area contributed by atoms with Crippen LogP contribution in [0.2, 0.25) is 0 Å². The molecule has 1 fully saturated rings. The largest absolute Gasteiger partial charge is 0.383 e. The average Bonchev–Trinajstić information content (AvgIpc) is 2.37. The van der Waals surface area contributed by atoms with Crippen molar-refractivity contribution in [2.75, 3.05) is 54.0 Å². The van der Waals surface area contributed by atoms with Gasteiger partial charge < -0.3 is 19.9 Å². The first-order valence-electron chi connectivity index (χ1n) is 7.16. The predicted molar refractivity (Wildman–Crippen MR) is 77.1 cm³/mol. The third-order valence-electron chi connectivity index (χ3n) is 4.38. The Morgan fingerprint density at radius 1 is 1.33 bits per heavy atom. The van der Waals surface area contributed by atoms with Crippen LogP contribution < -0.4 is 5.32 Å². The highest BCUT2D eigenvalue weighted by molar-refractivity contribution is 4.95. The molecule has 108 valence electrons. The van der Waals surface area contributed by atoms with Gasteiger partial charge in [0.1, 0.15) is 0 Å². The smallest absolute Gasteiger partial charge is 0.0613 e. The van der Waals surface area contributed by atoms with Crippen molar-refractivity contribution < 1.29 is 4.74 Å². The number of piperidine rings is 1. The van der Waals surface area contributed by atoms with Gasteiger partial charge in [0.2, 0.25) is 0 Å². The van der Waals surface area contributed by atoms with Crippen molar-refractivity contribution in [2.24, 2.45) is 0 Å². The monoisotopic (exact) mass is 257 g/mol. The van der Waals surface area contributed by atoms with E-state index in [4.69, 9.17) is 4.74 Å². The molecule has 4 nitrogen and oxygen atoms in total. The zero-order valence-corrected chi connectivity index (χ0v) is 12.8. The summed E-state index contributed by atoms with van der Waals surface area (Å²) in [6.07, 6.45) is 2.50. The number of methoxy groups -OCH3 is 1. The fourth-order valence-electron chi connectivity index (χ4n) is 2.74. The van der Waals surface area contributed by atoms with E-state index >= 15 is 0 Å². The van der Waals surface area contributed by atoms with Crippen LogP contribution in [0.5, 0.6) is 0 Å². The summed E-state index contributed by atoms with van der Waals surface area (Å²) >= 11 is 0. The normalized spacial score (nSPS) is 22.3. The highest BCUT2D eigenvalue weighted by atomic mass is 16.5. The van der Waals surface area contributed by atoms with Crippen LogP contribution >= 0.6 is 0 Å². The molecule has 0 aromatic heterocycles. The number of likely N-dealkylation sites (N-methyl/N-ethyl adjacent to an activating group) is 1. The van der Waals surface area contributed by atoms with Gasteiger partial charge in [-0.1, -0.05) is 6.92 Å². The van der Waals surface area contributed by atoms with E-state index in [9.17, 15) is 0 Å². The van der Waals surface area contributed by atoms with Crippen molar-refractivity contribution >= 4 is 0 Å². The van der Waals surface area contributed by atoms with Crippen LogP contribution in [0.1, 0.15) is 26.7 Å². The predicted octanol–water partition coefficient (Wildman–Crippen LogP) is 1.03. The molecule has 0 aliphatic carbocycles. The minimum absolute atomic E-state index is 0.313. The number of hydrogen-bond acceptors (Lipinski definition) is 4. The Morgan fingerprint density at radius 2 is 1.94 bits per heavy atom. The Hall–Kier alpha value is -0.160. The number of nitrogens with one attached hydrogen (secondary N) is 1. The van der Waals surface area contributed by atoms with E-state index in [2.05, 4.69) is 43.1 Å². The van der Waals surface area contributed by atoms with Gasteiger partial charge in [0.05, 0.1) is 6.61 Å². The summed E-state index contributed by atoms with van der Waals surface area (Å²) in [7, 11) is 6.19. The second-order valence-electron chi connectivity index (χ2n) is 5.79. The van der Waals surface area contributed by atoms with Crippen LogP contribution in [0.25, 0.3) is 0 Å². The van der Waals surface area contributed by atoms with Gasteiger partial charge in [-0.05, 0) is 53.5 Å². The molecule has 1 N–H and O–H groups in total. The van der Waals surface area contributed by atoms with E-state index in [1.54, 1.807) is 7.11 Å². The zero-order valence-electron chi connectivity index (χ0n) is 12.8. The van der Waals surface area contributed by atoms with Crippen molar-refractivity contribution in [3.05, 3.63) is 0 Å². The molecule has 18 heavy (non-hydrogen) atoms. The maximum absolute atomic E-state index is 5.19. The fourth-order valence-corrected chi connectivity index (χ4v) is 2.74. The van der Waals surface area contributed by atoms with Gasteiger partial charge in [-0.15, -0.1) is 0 Å². The second-order valence-corrected chi connectivity index (χ2v) is 5.79. The maximum Gasteiger partial charge on any atom is 0.0613 e. The molecule has 1 heterocycles. The number of nitrogens with zero attached hydrogens (tertiary/aromatic N) is 2. The minimum Gasteiger partial charge on any atom is -0.383 e. The van der Waals surface area contributed by atoms with E-state index in [0.29, 0.717) is 11.6 Å². The first-order valence-corrected chi connectivity index (χ1v) is 7.16. The lowest BCUT2D eigenvalue weighted by Crippen LogP contribution is -2.58. The molecule has 4 heteroatoms. The maximum atomic E-state index is 5.19. The van der Waals surface area contributed by atoms with Crippen LogP contribution in [0.4, 0.5) is 0 Å². The van der Waals surface area contributed by atoms with Gasteiger partial charge in [-0.3, -0.25) is 0 Å². The minimum atomic E-state index is 0.313. The lowest BCUT2D eigenvalue weighted by Gasteiger charge is -2.46. The van der Waals surface area contributed by atoms with Gasteiger partial charge >= 0.3 is 0 Å². The first kappa shape index (κ1) is 15.9. The number of hydrogen-bond donors (Lipinski definition) is 1. The quantitative estimate of drug-likeness (QED) is 0.737. The Morgan fingerprint density at radius 3 is 2.39 bits per heavy atom. The summed E-state index contributed by atoms with van der Waals surface area (Å²) in [5.41, 5.74) is 0.313. The van der Waals surface area contributed by atoms with E-state index in [1.807, 2.05) is 0 Å². The molecule has 1 aliphatic heterocycles. The molecular weight excluding hydrogens is 226 g/mol. The van der Waals surface area contributed by atoms with E-state index in [0.717, 1.165) is 13.2 Å². The molecule has 0 amide bonds. The molecule has 1 rings (SSSR count). The highest BCUT2D eigenvalue weighted by Gasteiger charge is 2.36. The summed E-state index contributed by atoms with van der Waals surface area (Å²) in [6, 6.07) is 0.427. The average molecular weight is 257 g/mol. The highest BCUT2D eigenvalue weighted by Crippen LogP contribution is 2.26. The molecular formula is C14H31N3O. The van der Waals surface area contributed by atoms with E-state index < -0.39 is 0 Å². The Balaban J connectivity index is 2.49. The summed E-state index contributed by atoms with van der Waals surface area (Å²) < 4.78 is 5.19. The lowest BCUT2D eigenvalue weighted by molar-refractivity contribution is 0.0528. The third-order valence-corrected chi connectivity index (χ3v) is 4.38. The summed E-state index contributed by atoms with van der Waals surface area (Å²) in [5, 5.41) is 3.62. The third kappa shape index (κ3) is 4.19. The van der Waals surface area contributed by atoms with Crippen LogP contribution in [0, 0.1) is 0 Å². The lowest BCUT2D eigenvalue weighted by atomic mass is 9.86. The molecule has 1 aliphatic rings. The van der Waals surface area contributed by atoms with Gasteiger partial charge in [-0.2, -0.15) is 0 Å². The second kappa shape index (κ2) is 7.43. The number of ether oxygens (including phenoxy) is 1. The summed E-state index contributed by atoms with van der Waals surface area (Å²) in [6.45, 7) is 9.89. The van der Waals surface area contributed by atoms with Crippen LogP contribution in [0.3, 0.4) is 0 Å². The SMILES string of the molecule is CCN1CCC(CN[C@H](C)COC)(N(C)C)CC1. The number of likely N-dealkylation sites (tertiary alicyclic amines) is 1. The molecule has 1 atom stereocenters. The van der Waals surface area contributed by atoms with Crippen molar-refractivity contribution in [2.45, 2.75) is 38.3 Å². The molecule has 0 aromatic carbocycles.